The van der Waals surface area contributed by atoms with Crippen LogP contribution in [0.25, 0.3) is 10.9 Å². The zero-order valence-corrected chi connectivity index (χ0v) is 10.5. The SMILES string of the molecule is Cc1[nH]c2ccccc2c1C(=O)N1CC(C)(O)C1. The zero-order valence-electron chi connectivity index (χ0n) is 10.5. The van der Waals surface area contributed by atoms with Crippen molar-refractivity contribution < 1.29 is 9.90 Å². The van der Waals surface area contributed by atoms with Gasteiger partial charge in [0.1, 0.15) is 0 Å². The minimum atomic E-state index is -0.727. The van der Waals surface area contributed by atoms with Crippen LogP contribution in [0.4, 0.5) is 0 Å². The van der Waals surface area contributed by atoms with Crippen molar-refractivity contribution in [3.05, 3.63) is 35.5 Å². The van der Waals surface area contributed by atoms with Crippen molar-refractivity contribution in [2.75, 3.05) is 13.1 Å². The van der Waals surface area contributed by atoms with Crippen molar-refractivity contribution in [3.8, 4) is 0 Å². The Labute approximate surface area is 105 Å². The molecule has 1 aromatic carbocycles. The Morgan fingerprint density at radius 1 is 1.39 bits per heavy atom. The molecule has 1 saturated heterocycles. The smallest absolute Gasteiger partial charge is 0.256 e. The number of aromatic amines is 1. The molecule has 4 heteroatoms. The molecule has 0 bridgehead atoms. The molecule has 0 spiro atoms. The number of aromatic nitrogens is 1. The van der Waals surface area contributed by atoms with Crippen molar-refractivity contribution >= 4 is 16.8 Å². The zero-order chi connectivity index (χ0) is 12.9. The normalized spacial score (nSPS) is 17.8. The van der Waals surface area contributed by atoms with E-state index in [4.69, 9.17) is 0 Å². The fraction of sp³-hybridized carbons (Fsp3) is 0.357. The van der Waals surface area contributed by atoms with E-state index in [-0.39, 0.29) is 5.91 Å². The van der Waals surface area contributed by atoms with Gasteiger partial charge in [0, 0.05) is 16.6 Å². The fourth-order valence-corrected chi connectivity index (χ4v) is 2.63. The van der Waals surface area contributed by atoms with Crippen LogP contribution in [0.5, 0.6) is 0 Å². The molecule has 0 radical (unpaired) electrons. The van der Waals surface area contributed by atoms with Gasteiger partial charge < -0.3 is 15.0 Å². The number of aryl methyl sites for hydroxylation is 1. The quantitative estimate of drug-likeness (QED) is 0.802. The lowest BCUT2D eigenvalue weighted by Crippen LogP contribution is -2.61. The fourth-order valence-electron chi connectivity index (χ4n) is 2.63. The summed E-state index contributed by atoms with van der Waals surface area (Å²) in [4.78, 5) is 17.3. The molecule has 94 valence electrons. The van der Waals surface area contributed by atoms with Crippen LogP contribution in [0.15, 0.2) is 24.3 Å². The first-order valence-electron chi connectivity index (χ1n) is 6.07. The van der Waals surface area contributed by atoms with Gasteiger partial charge in [-0.2, -0.15) is 0 Å². The van der Waals surface area contributed by atoms with Gasteiger partial charge in [-0.1, -0.05) is 18.2 Å². The number of para-hydroxylation sites is 1. The third-order valence-electron chi connectivity index (χ3n) is 3.46. The predicted molar refractivity (Wildman–Crippen MR) is 69.6 cm³/mol. The Morgan fingerprint density at radius 3 is 2.72 bits per heavy atom. The number of nitrogens with one attached hydrogen (secondary N) is 1. The van der Waals surface area contributed by atoms with Gasteiger partial charge in [0.15, 0.2) is 0 Å². The van der Waals surface area contributed by atoms with E-state index in [1.54, 1.807) is 11.8 Å². The second-order valence-corrected chi connectivity index (χ2v) is 5.33. The highest BCUT2D eigenvalue weighted by Crippen LogP contribution is 2.27. The summed E-state index contributed by atoms with van der Waals surface area (Å²) in [5.41, 5.74) is 1.86. The molecule has 0 aliphatic carbocycles. The summed E-state index contributed by atoms with van der Waals surface area (Å²) in [5, 5.41) is 10.7. The number of likely N-dealkylation sites (tertiary alicyclic amines) is 1. The Hall–Kier alpha value is -1.81. The molecular weight excluding hydrogens is 228 g/mol. The number of fused-ring (bicyclic) bond motifs is 1. The number of carbonyl (C=O) groups excluding carboxylic acids is 1. The molecule has 2 N–H and O–H groups in total. The maximum Gasteiger partial charge on any atom is 0.256 e. The molecule has 0 unspecified atom stereocenters. The van der Waals surface area contributed by atoms with Crippen molar-refractivity contribution in [3.63, 3.8) is 0 Å². The van der Waals surface area contributed by atoms with Gasteiger partial charge >= 0.3 is 0 Å². The first-order chi connectivity index (χ1) is 8.48. The summed E-state index contributed by atoms with van der Waals surface area (Å²) in [6.45, 7) is 4.47. The molecular formula is C14H16N2O2. The average molecular weight is 244 g/mol. The predicted octanol–water partition coefficient (Wildman–Crippen LogP) is 1.68. The van der Waals surface area contributed by atoms with E-state index < -0.39 is 5.60 Å². The number of carbonyl (C=O) groups is 1. The van der Waals surface area contributed by atoms with E-state index >= 15 is 0 Å². The topological polar surface area (TPSA) is 56.3 Å². The number of β-amino-alcohol motifs (C(OH)–C–C–N with tert-alkyl or cyclic N) is 1. The molecule has 0 saturated carbocycles. The molecule has 1 aromatic heterocycles. The summed E-state index contributed by atoms with van der Waals surface area (Å²) in [6.07, 6.45) is 0. The van der Waals surface area contributed by atoms with Gasteiger partial charge in [0.2, 0.25) is 0 Å². The van der Waals surface area contributed by atoms with E-state index in [0.717, 1.165) is 22.2 Å². The van der Waals surface area contributed by atoms with Crippen LogP contribution in [0.1, 0.15) is 23.0 Å². The average Bonchev–Trinajstić information content (AvgIpc) is 2.60. The maximum atomic E-state index is 12.4. The molecule has 1 aliphatic heterocycles. The third-order valence-corrected chi connectivity index (χ3v) is 3.46. The number of hydrogen-bond acceptors (Lipinski definition) is 2. The molecule has 18 heavy (non-hydrogen) atoms. The highest BCUT2D eigenvalue weighted by Gasteiger charge is 2.40. The van der Waals surface area contributed by atoms with Gasteiger partial charge in [0.05, 0.1) is 24.3 Å². The van der Waals surface area contributed by atoms with E-state index in [1.807, 2.05) is 31.2 Å². The van der Waals surface area contributed by atoms with Gasteiger partial charge in [-0.05, 0) is 19.9 Å². The monoisotopic (exact) mass is 244 g/mol. The van der Waals surface area contributed by atoms with Crippen LogP contribution in [-0.4, -0.2) is 39.6 Å². The minimum absolute atomic E-state index is 0.00326. The lowest BCUT2D eigenvalue weighted by atomic mass is 9.95. The number of H-pyrrole nitrogens is 1. The molecule has 2 heterocycles. The lowest BCUT2D eigenvalue weighted by molar-refractivity contribution is -0.0668. The van der Waals surface area contributed by atoms with Gasteiger partial charge in [-0.25, -0.2) is 0 Å². The Balaban J connectivity index is 1.99. The van der Waals surface area contributed by atoms with Gasteiger partial charge in [-0.15, -0.1) is 0 Å². The summed E-state index contributed by atoms with van der Waals surface area (Å²) in [5.74, 6) is -0.00326. The van der Waals surface area contributed by atoms with Crippen molar-refractivity contribution in [1.29, 1.82) is 0 Å². The summed E-state index contributed by atoms with van der Waals surface area (Å²) in [7, 11) is 0. The van der Waals surface area contributed by atoms with Crippen LogP contribution < -0.4 is 0 Å². The third kappa shape index (κ3) is 1.61. The van der Waals surface area contributed by atoms with E-state index in [0.29, 0.717) is 13.1 Å². The Kier molecular flexibility index (Phi) is 2.25. The van der Waals surface area contributed by atoms with Crippen molar-refractivity contribution in [2.24, 2.45) is 0 Å². The van der Waals surface area contributed by atoms with Crippen molar-refractivity contribution in [1.82, 2.24) is 9.88 Å². The summed E-state index contributed by atoms with van der Waals surface area (Å²) >= 11 is 0. The number of nitrogens with zero attached hydrogens (tertiary/aromatic N) is 1. The first kappa shape index (κ1) is 11.3. The number of hydrogen-bond donors (Lipinski definition) is 2. The van der Waals surface area contributed by atoms with Crippen LogP contribution in [0.3, 0.4) is 0 Å². The van der Waals surface area contributed by atoms with Crippen molar-refractivity contribution in [2.45, 2.75) is 19.4 Å². The molecule has 3 rings (SSSR count). The highest BCUT2D eigenvalue weighted by atomic mass is 16.3. The largest absolute Gasteiger partial charge is 0.386 e. The molecule has 2 aromatic rings. The number of aliphatic hydroxyl groups is 1. The van der Waals surface area contributed by atoms with Gasteiger partial charge in [-0.3, -0.25) is 4.79 Å². The van der Waals surface area contributed by atoms with Crippen LogP contribution in [0.2, 0.25) is 0 Å². The maximum absolute atomic E-state index is 12.4. The van der Waals surface area contributed by atoms with E-state index in [1.165, 1.54) is 0 Å². The molecule has 1 fully saturated rings. The molecule has 1 amide bonds. The second-order valence-electron chi connectivity index (χ2n) is 5.33. The Morgan fingerprint density at radius 2 is 2.06 bits per heavy atom. The highest BCUT2D eigenvalue weighted by molar-refractivity contribution is 6.08. The number of rotatable bonds is 1. The molecule has 4 nitrogen and oxygen atoms in total. The molecule has 1 aliphatic rings. The number of benzene rings is 1. The van der Waals surface area contributed by atoms with Gasteiger partial charge in [0.25, 0.3) is 5.91 Å². The molecule has 0 atom stereocenters. The summed E-state index contributed by atoms with van der Waals surface area (Å²) in [6, 6.07) is 7.79. The lowest BCUT2D eigenvalue weighted by Gasteiger charge is -2.44. The standard InChI is InChI=1S/C14H16N2O2/c1-9-12(10-5-3-4-6-11(10)15-9)13(17)16-7-14(2,18)8-16/h3-6,15,18H,7-8H2,1-2H3. The summed E-state index contributed by atoms with van der Waals surface area (Å²) < 4.78 is 0. The minimum Gasteiger partial charge on any atom is -0.386 e. The number of amides is 1. The van der Waals surface area contributed by atoms with Crippen LogP contribution in [-0.2, 0) is 0 Å². The van der Waals surface area contributed by atoms with Crippen LogP contribution >= 0.6 is 0 Å². The first-order valence-corrected chi connectivity index (χ1v) is 6.07. The van der Waals surface area contributed by atoms with E-state index in [9.17, 15) is 9.90 Å². The second kappa shape index (κ2) is 3.59. The van der Waals surface area contributed by atoms with E-state index in [2.05, 4.69) is 4.98 Å². The Bertz CT molecular complexity index is 620. The van der Waals surface area contributed by atoms with Crippen LogP contribution in [0, 0.1) is 6.92 Å².